The number of amides is 2. The van der Waals surface area contributed by atoms with E-state index in [2.05, 4.69) is 10.6 Å². The normalized spacial score (nSPS) is 10.1. The molecule has 0 heterocycles. The number of benzene rings is 2. The van der Waals surface area contributed by atoms with Gasteiger partial charge in [0, 0.05) is 6.07 Å². The average molecular weight is 342 g/mol. The number of anilines is 2. The van der Waals surface area contributed by atoms with Gasteiger partial charge < -0.3 is 15.7 Å². The van der Waals surface area contributed by atoms with E-state index in [4.69, 9.17) is 23.2 Å². The summed E-state index contributed by atoms with van der Waals surface area (Å²) in [7, 11) is 0. The van der Waals surface area contributed by atoms with Gasteiger partial charge in [-0.25, -0.2) is 4.79 Å². The van der Waals surface area contributed by atoms with Crippen molar-refractivity contribution in [1.29, 1.82) is 0 Å². The molecular formula is C13H9Cl2N3O4. The van der Waals surface area contributed by atoms with Crippen LogP contribution in [0.5, 0.6) is 5.75 Å². The van der Waals surface area contributed by atoms with Gasteiger partial charge >= 0.3 is 6.03 Å². The Labute approximate surface area is 134 Å². The molecule has 2 aromatic rings. The number of nitrogens with one attached hydrogen (secondary N) is 2. The molecule has 9 heteroatoms. The van der Waals surface area contributed by atoms with Crippen molar-refractivity contribution in [3.63, 3.8) is 0 Å². The highest BCUT2D eigenvalue weighted by molar-refractivity contribution is 6.44. The van der Waals surface area contributed by atoms with Gasteiger partial charge in [0.2, 0.25) is 0 Å². The zero-order valence-corrected chi connectivity index (χ0v) is 12.4. The predicted molar refractivity (Wildman–Crippen MR) is 83.9 cm³/mol. The molecule has 0 atom stereocenters. The van der Waals surface area contributed by atoms with Gasteiger partial charge in [0.1, 0.15) is 5.75 Å². The predicted octanol–water partition coefficient (Wildman–Crippen LogP) is 4.25. The molecule has 0 aliphatic rings. The van der Waals surface area contributed by atoms with Crippen LogP contribution in [0.4, 0.5) is 21.9 Å². The molecule has 0 saturated carbocycles. The summed E-state index contributed by atoms with van der Waals surface area (Å²) in [6.45, 7) is 0. The van der Waals surface area contributed by atoms with Crippen LogP contribution in [0, 0.1) is 10.1 Å². The molecule has 2 aromatic carbocycles. The summed E-state index contributed by atoms with van der Waals surface area (Å²) >= 11 is 11.8. The van der Waals surface area contributed by atoms with Crippen LogP contribution < -0.4 is 10.6 Å². The van der Waals surface area contributed by atoms with Crippen molar-refractivity contribution in [2.24, 2.45) is 0 Å². The van der Waals surface area contributed by atoms with Crippen molar-refractivity contribution in [2.45, 2.75) is 0 Å². The summed E-state index contributed by atoms with van der Waals surface area (Å²) < 4.78 is 0. The maximum Gasteiger partial charge on any atom is 0.323 e. The highest BCUT2D eigenvalue weighted by atomic mass is 35.5. The van der Waals surface area contributed by atoms with Crippen molar-refractivity contribution < 1.29 is 14.8 Å². The smallest absolute Gasteiger partial charge is 0.323 e. The number of urea groups is 1. The SMILES string of the molecule is O=C(Nc1ccc([N+](=O)[O-])cc1O)Nc1cccc(Cl)c1Cl. The van der Waals surface area contributed by atoms with Gasteiger partial charge in [0.15, 0.2) is 0 Å². The van der Waals surface area contributed by atoms with E-state index < -0.39 is 16.7 Å². The number of carbonyl (C=O) groups excluding carboxylic acids is 1. The van der Waals surface area contributed by atoms with Crippen LogP contribution in [0.2, 0.25) is 10.0 Å². The van der Waals surface area contributed by atoms with Crippen LogP contribution in [-0.2, 0) is 0 Å². The Balaban J connectivity index is 2.12. The second-order valence-electron chi connectivity index (χ2n) is 4.14. The lowest BCUT2D eigenvalue weighted by atomic mass is 10.2. The first kappa shape index (κ1) is 15.9. The number of rotatable bonds is 3. The minimum absolute atomic E-state index is 0.0150. The molecule has 22 heavy (non-hydrogen) atoms. The first-order valence-electron chi connectivity index (χ1n) is 5.88. The lowest BCUT2D eigenvalue weighted by molar-refractivity contribution is -0.384. The maximum absolute atomic E-state index is 11.8. The summed E-state index contributed by atoms with van der Waals surface area (Å²) in [5.74, 6) is -0.429. The number of aromatic hydroxyl groups is 1. The van der Waals surface area contributed by atoms with E-state index in [1.54, 1.807) is 18.2 Å². The summed E-state index contributed by atoms with van der Waals surface area (Å²) in [5.41, 5.74) is 0.00987. The third-order valence-electron chi connectivity index (χ3n) is 2.64. The van der Waals surface area contributed by atoms with Crippen molar-refractivity contribution in [3.05, 3.63) is 56.6 Å². The van der Waals surface area contributed by atoms with Crippen LogP contribution in [0.15, 0.2) is 36.4 Å². The molecular weight excluding hydrogens is 333 g/mol. The van der Waals surface area contributed by atoms with Gasteiger partial charge in [-0.1, -0.05) is 29.3 Å². The first-order chi connectivity index (χ1) is 10.4. The molecule has 7 nitrogen and oxygen atoms in total. The summed E-state index contributed by atoms with van der Waals surface area (Å²) in [6.07, 6.45) is 0. The molecule has 0 saturated heterocycles. The number of phenols is 1. The summed E-state index contributed by atoms with van der Waals surface area (Å²) in [6, 6.07) is 7.33. The molecule has 0 fully saturated rings. The summed E-state index contributed by atoms with van der Waals surface area (Å²) in [5, 5.41) is 25.5. The molecule has 0 bridgehead atoms. The fourth-order valence-electron chi connectivity index (χ4n) is 1.62. The standard InChI is InChI=1S/C13H9Cl2N3O4/c14-8-2-1-3-10(12(8)15)17-13(20)16-9-5-4-7(18(21)22)6-11(9)19/h1-6,19H,(H2,16,17,20). The van der Waals surface area contributed by atoms with Crippen molar-refractivity contribution in [1.82, 2.24) is 0 Å². The van der Waals surface area contributed by atoms with Crippen LogP contribution >= 0.6 is 23.2 Å². The number of halogens is 2. The molecule has 0 aliphatic carbocycles. The van der Waals surface area contributed by atoms with E-state index in [0.29, 0.717) is 0 Å². The number of carbonyl (C=O) groups is 1. The molecule has 0 radical (unpaired) electrons. The zero-order valence-electron chi connectivity index (χ0n) is 10.8. The third-order valence-corrected chi connectivity index (χ3v) is 3.46. The fourth-order valence-corrected chi connectivity index (χ4v) is 1.96. The van der Waals surface area contributed by atoms with Gasteiger partial charge in [0.25, 0.3) is 5.69 Å². The molecule has 3 N–H and O–H groups in total. The van der Waals surface area contributed by atoms with Crippen molar-refractivity contribution in [2.75, 3.05) is 10.6 Å². The van der Waals surface area contributed by atoms with Crippen LogP contribution in [0.25, 0.3) is 0 Å². The van der Waals surface area contributed by atoms with E-state index in [0.717, 1.165) is 12.1 Å². The Kier molecular flexibility index (Phi) is 4.69. The maximum atomic E-state index is 11.8. The second-order valence-corrected chi connectivity index (χ2v) is 4.92. The second kappa shape index (κ2) is 6.50. The van der Waals surface area contributed by atoms with Crippen LogP contribution in [0.1, 0.15) is 0 Å². The van der Waals surface area contributed by atoms with E-state index in [1.807, 2.05) is 0 Å². The third kappa shape index (κ3) is 3.57. The quantitative estimate of drug-likeness (QED) is 0.440. The number of nitro benzene ring substituents is 1. The minimum Gasteiger partial charge on any atom is -0.506 e. The average Bonchev–Trinajstić information content (AvgIpc) is 2.46. The first-order valence-corrected chi connectivity index (χ1v) is 6.63. The topological polar surface area (TPSA) is 104 Å². The Bertz CT molecular complexity index is 752. The lowest BCUT2D eigenvalue weighted by Crippen LogP contribution is -2.19. The number of hydrogen-bond acceptors (Lipinski definition) is 4. The highest BCUT2D eigenvalue weighted by Gasteiger charge is 2.13. The van der Waals surface area contributed by atoms with Crippen molar-refractivity contribution in [3.8, 4) is 5.75 Å². The Morgan fingerprint density at radius 3 is 2.45 bits per heavy atom. The number of non-ortho nitro benzene ring substituents is 1. The number of nitro groups is 1. The van der Waals surface area contributed by atoms with Gasteiger partial charge in [-0.2, -0.15) is 0 Å². The minimum atomic E-state index is -0.687. The number of nitrogens with zero attached hydrogens (tertiary/aromatic N) is 1. The van der Waals surface area contributed by atoms with Gasteiger partial charge in [-0.15, -0.1) is 0 Å². The Hall–Kier alpha value is -2.51. The van der Waals surface area contributed by atoms with Crippen LogP contribution in [0.3, 0.4) is 0 Å². The summed E-state index contributed by atoms with van der Waals surface area (Å²) in [4.78, 5) is 21.8. The van der Waals surface area contributed by atoms with Crippen molar-refractivity contribution >= 4 is 46.3 Å². The van der Waals surface area contributed by atoms with E-state index in [9.17, 15) is 20.0 Å². The van der Waals surface area contributed by atoms with Gasteiger partial charge in [-0.3, -0.25) is 10.1 Å². The van der Waals surface area contributed by atoms with Crippen LogP contribution in [-0.4, -0.2) is 16.1 Å². The molecule has 0 aliphatic heterocycles. The fraction of sp³-hybridized carbons (Fsp3) is 0. The van der Waals surface area contributed by atoms with E-state index in [-0.39, 0.29) is 27.1 Å². The monoisotopic (exact) mass is 341 g/mol. The number of hydrogen-bond donors (Lipinski definition) is 3. The Morgan fingerprint density at radius 1 is 1.14 bits per heavy atom. The molecule has 2 amide bonds. The number of phenolic OH excluding ortho intramolecular Hbond substituents is 1. The van der Waals surface area contributed by atoms with E-state index >= 15 is 0 Å². The molecule has 2 rings (SSSR count). The van der Waals surface area contributed by atoms with E-state index in [1.165, 1.54) is 6.07 Å². The zero-order chi connectivity index (χ0) is 16.3. The molecule has 0 aromatic heterocycles. The molecule has 114 valence electrons. The highest BCUT2D eigenvalue weighted by Crippen LogP contribution is 2.31. The lowest BCUT2D eigenvalue weighted by Gasteiger charge is -2.10. The Morgan fingerprint density at radius 2 is 1.82 bits per heavy atom. The van der Waals surface area contributed by atoms with Gasteiger partial charge in [-0.05, 0) is 18.2 Å². The largest absolute Gasteiger partial charge is 0.506 e. The molecule has 0 unspecified atom stereocenters. The molecule has 0 spiro atoms. The van der Waals surface area contributed by atoms with Gasteiger partial charge in [0.05, 0.1) is 32.4 Å².